The molecule has 1 amide bonds. The molecule has 4 heterocycles. The van der Waals surface area contributed by atoms with Gasteiger partial charge in [0.05, 0.1) is 35.5 Å². The number of carbonyl (C=O) groups excluding carboxylic acids is 1. The second-order valence-electron chi connectivity index (χ2n) is 7.89. The van der Waals surface area contributed by atoms with Crippen molar-refractivity contribution in [2.24, 2.45) is 7.05 Å². The number of aryl methyl sites for hydroxylation is 1. The summed E-state index contributed by atoms with van der Waals surface area (Å²) >= 11 is 0. The number of amides is 1. The molecule has 4 aromatic rings. The highest BCUT2D eigenvalue weighted by molar-refractivity contribution is 5.82. The molecule has 31 heavy (non-hydrogen) atoms. The van der Waals surface area contributed by atoms with Gasteiger partial charge in [0, 0.05) is 44.7 Å². The van der Waals surface area contributed by atoms with Gasteiger partial charge in [-0.25, -0.2) is 18.3 Å². The van der Waals surface area contributed by atoms with E-state index in [1.807, 2.05) is 4.90 Å². The third kappa shape index (κ3) is 3.01. The highest BCUT2D eigenvalue weighted by Gasteiger charge is 2.26. The summed E-state index contributed by atoms with van der Waals surface area (Å²) in [5.41, 5.74) is 1.46. The lowest BCUT2D eigenvalue weighted by Crippen LogP contribution is -2.48. The largest absolute Gasteiger partial charge is 0.344 e. The molecule has 1 fully saturated rings. The van der Waals surface area contributed by atoms with Crippen molar-refractivity contribution in [1.82, 2.24) is 29.3 Å². The minimum Gasteiger partial charge on any atom is -0.344 e. The Morgan fingerprint density at radius 3 is 2.71 bits per heavy atom. The maximum Gasteiger partial charge on any atom is 0.241 e. The lowest BCUT2D eigenvalue weighted by atomic mass is 9.95. The SMILES string of the molecule is CC(c1c(F)cc2c(cnn2C)c1F)c1cnc2ccc(N3CCN(C)C(=O)C3)nn12. The van der Waals surface area contributed by atoms with Crippen molar-refractivity contribution in [2.75, 3.05) is 31.6 Å². The summed E-state index contributed by atoms with van der Waals surface area (Å²) in [6.45, 7) is 3.21. The molecule has 0 aliphatic carbocycles. The normalized spacial score (nSPS) is 16.0. The van der Waals surface area contributed by atoms with E-state index in [0.717, 1.165) is 0 Å². The van der Waals surface area contributed by atoms with E-state index >= 15 is 4.39 Å². The monoisotopic (exact) mass is 425 g/mol. The summed E-state index contributed by atoms with van der Waals surface area (Å²) in [4.78, 5) is 20.0. The Morgan fingerprint density at radius 2 is 1.94 bits per heavy atom. The van der Waals surface area contributed by atoms with Crippen LogP contribution in [0.15, 0.2) is 30.6 Å². The molecule has 1 saturated heterocycles. The zero-order chi connectivity index (χ0) is 21.9. The zero-order valence-corrected chi connectivity index (χ0v) is 17.4. The van der Waals surface area contributed by atoms with E-state index in [4.69, 9.17) is 0 Å². The molecule has 5 rings (SSSR count). The van der Waals surface area contributed by atoms with Crippen LogP contribution >= 0.6 is 0 Å². The molecule has 0 radical (unpaired) electrons. The molecule has 0 spiro atoms. The summed E-state index contributed by atoms with van der Waals surface area (Å²) in [7, 11) is 3.41. The Balaban J connectivity index is 1.58. The number of imidazole rings is 1. The average molecular weight is 425 g/mol. The fourth-order valence-corrected chi connectivity index (χ4v) is 4.08. The molecular formula is C21H21F2N7O. The van der Waals surface area contributed by atoms with E-state index in [9.17, 15) is 9.18 Å². The highest BCUT2D eigenvalue weighted by Crippen LogP contribution is 2.33. The standard InChI is InChI=1S/C21H21F2N7O/c1-12(20-14(22)8-15-13(21(20)23)9-25-28(15)3)16-10-24-17-4-5-18(26-30(16)17)29-7-6-27(2)19(31)11-29/h4-5,8-10,12H,6-7,11H2,1-3H3. The smallest absolute Gasteiger partial charge is 0.241 e. The number of nitrogens with zero attached hydrogens (tertiary/aromatic N) is 7. The first-order valence-electron chi connectivity index (χ1n) is 9.98. The molecule has 160 valence electrons. The van der Waals surface area contributed by atoms with Crippen molar-refractivity contribution in [3.05, 3.63) is 53.5 Å². The number of anilines is 1. The van der Waals surface area contributed by atoms with Crippen LogP contribution in [0.4, 0.5) is 14.6 Å². The number of halogens is 2. The van der Waals surface area contributed by atoms with Crippen molar-refractivity contribution in [3.8, 4) is 0 Å². The number of rotatable bonds is 3. The topological polar surface area (TPSA) is 71.6 Å². The number of hydrogen-bond donors (Lipinski definition) is 0. The molecule has 1 aliphatic heterocycles. The number of piperazine rings is 1. The van der Waals surface area contributed by atoms with Gasteiger partial charge >= 0.3 is 0 Å². The van der Waals surface area contributed by atoms with E-state index in [-0.39, 0.29) is 23.4 Å². The first-order chi connectivity index (χ1) is 14.8. The predicted molar refractivity (Wildman–Crippen MR) is 111 cm³/mol. The van der Waals surface area contributed by atoms with Crippen LogP contribution in [0.2, 0.25) is 0 Å². The quantitative estimate of drug-likeness (QED) is 0.504. The van der Waals surface area contributed by atoms with Crippen molar-refractivity contribution >= 4 is 28.3 Å². The van der Waals surface area contributed by atoms with Crippen LogP contribution in [0.25, 0.3) is 16.6 Å². The predicted octanol–water partition coefficient (Wildman–Crippen LogP) is 2.32. The fourth-order valence-electron chi connectivity index (χ4n) is 4.08. The molecule has 10 heteroatoms. The molecule has 0 bridgehead atoms. The van der Waals surface area contributed by atoms with E-state index in [0.29, 0.717) is 35.8 Å². The summed E-state index contributed by atoms with van der Waals surface area (Å²) in [5.74, 6) is -1.29. The second kappa shape index (κ2) is 7.00. The number of benzene rings is 1. The Kier molecular flexibility index (Phi) is 4.38. The lowest BCUT2D eigenvalue weighted by Gasteiger charge is -2.32. The molecule has 1 aromatic carbocycles. The van der Waals surface area contributed by atoms with Crippen LogP contribution in [0.5, 0.6) is 0 Å². The number of hydrogen-bond acceptors (Lipinski definition) is 5. The minimum atomic E-state index is -0.642. The van der Waals surface area contributed by atoms with Gasteiger partial charge in [-0.05, 0) is 12.1 Å². The van der Waals surface area contributed by atoms with Crippen LogP contribution in [0.1, 0.15) is 24.1 Å². The Bertz CT molecular complexity index is 1330. The van der Waals surface area contributed by atoms with Crippen LogP contribution in [0.3, 0.4) is 0 Å². The van der Waals surface area contributed by atoms with Gasteiger partial charge in [0.1, 0.15) is 17.5 Å². The molecular weight excluding hydrogens is 404 g/mol. The first kappa shape index (κ1) is 19.4. The van der Waals surface area contributed by atoms with Crippen molar-refractivity contribution in [1.29, 1.82) is 0 Å². The summed E-state index contributed by atoms with van der Waals surface area (Å²) in [6.07, 6.45) is 2.98. The van der Waals surface area contributed by atoms with Gasteiger partial charge in [0.15, 0.2) is 5.65 Å². The molecule has 0 N–H and O–H groups in total. The van der Waals surface area contributed by atoms with Gasteiger partial charge in [0.2, 0.25) is 5.91 Å². The van der Waals surface area contributed by atoms with Crippen molar-refractivity contribution in [3.63, 3.8) is 0 Å². The van der Waals surface area contributed by atoms with E-state index < -0.39 is 17.6 Å². The molecule has 8 nitrogen and oxygen atoms in total. The van der Waals surface area contributed by atoms with Gasteiger partial charge in [-0.15, -0.1) is 5.10 Å². The third-order valence-corrected chi connectivity index (χ3v) is 6.01. The minimum absolute atomic E-state index is 0.0151. The van der Waals surface area contributed by atoms with Crippen molar-refractivity contribution < 1.29 is 13.6 Å². The maximum absolute atomic E-state index is 15.2. The number of likely N-dealkylation sites (N-methyl/N-ethyl adjacent to an activating group) is 1. The Morgan fingerprint density at radius 1 is 1.13 bits per heavy atom. The van der Waals surface area contributed by atoms with E-state index in [1.165, 1.54) is 16.9 Å². The number of fused-ring (bicyclic) bond motifs is 2. The van der Waals surface area contributed by atoms with Crippen LogP contribution in [-0.2, 0) is 11.8 Å². The first-order valence-corrected chi connectivity index (χ1v) is 9.98. The highest BCUT2D eigenvalue weighted by atomic mass is 19.1. The summed E-state index contributed by atoms with van der Waals surface area (Å²) in [5, 5.41) is 8.94. The Hall–Kier alpha value is -3.56. The number of aromatic nitrogens is 5. The van der Waals surface area contributed by atoms with Crippen LogP contribution < -0.4 is 4.90 Å². The van der Waals surface area contributed by atoms with Gasteiger partial charge in [-0.3, -0.25) is 9.48 Å². The van der Waals surface area contributed by atoms with Crippen LogP contribution in [0, 0.1) is 11.6 Å². The second-order valence-corrected chi connectivity index (χ2v) is 7.89. The summed E-state index contributed by atoms with van der Waals surface area (Å²) < 4.78 is 33.2. The van der Waals surface area contributed by atoms with Gasteiger partial charge in [0.25, 0.3) is 0 Å². The average Bonchev–Trinajstić information content (AvgIpc) is 3.33. The molecule has 1 unspecified atom stereocenters. The van der Waals surface area contributed by atoms with Gasteiger partial charge in [-0.1, -0.05) is 6.92 Å². The molecule has 3 aromatic heterocycles. The zero-order valence-electron chi connectivity index (χ0n) is 17.4. The third-order valence-electron chi connectivity index (χ3n) is 6.01. The maximum atomic E-state index is 15.2. The van der Waals surface area contributed by atoms with E-state index in [1.54, 1.807) is 48.8 Å². The molecule has 1 atom stereocenters. The van der Waals surface area contributed by atoms with Crippen molar-refractivity contribution in [2.45, 2.75) is 12.8 Å². The lowest BCUT2D eigenvalue weighted by molar-refractivity contribution is -0.129. The van der Waals surface area contributed by atoms with Crippen LogP contribution in [-0.4, -0.2) is 61.9 Å². The number of carbonyl (C=O) groups is 1. The summed E-state index contributed by atoms with van der Waals surface area (Å²) in [6, 6.07) is 4.89. The Labute approximate surface area is 176 Å². The van der Waals surface area contributed by atoms with E-state index in [2.05, 4.69) is 15.2 Å². The van der Waals surface area contributed by atoms with Gasteiger partial charge < -0.3 is 9.80 Å². The molecule has 0 saturated carbocycles. The van der Waals surface area contributed by atoms with Gasteiger partial charge in [-0.2, -0.15) is 5.10 Å². The fraction of sp³-hybridized carbons (Fsp3) is 0.333. The molecule has 1 aliphatic rings.